The van der Waals surface area contributed by atoms with Gasteiger partial charge < -0.3 is 9.47 Å². The Morgan fingerprint density at radius 2 is 1.80 bits per heavy atom. The monoisotopic (exact) mass is 338 g/mol. The van der Waals surface area contributed by atoms with E-state index in [4.69, 9.17) is 9.47 Å². The first-order chi connectivity index (χ1) is 12.1. The van der Waals surface area contributed by atoms with Crippen molar-refractivity contribution in [3.05, 3.63) is 59.8 Å². The van der Waals surface area contributed by atoms with Gasteiger partial charge in [-0.2, -0.15) is 5.10 Å². The molecule has 25 heavy (non-hydrogen) atoms. The first kappa shape index (κ1) is 16.7. The van der Waals surface area contributed by atoms with Gasteiger partial charge in [0.15, 0.2) is 5.69 Å². The summed E-state index contributed by atoms with van der Waals surface area (Å²) in [5.74, 6) is -0.358. The van der Waals surface area contributed by atoms with E-state index in [-0.39, 0.29) is 18.3 Å². The van der Waals surface area contributed by atoms with Crippen molar-refractivity contribution in [1.82, 2.24) is 9.78 Å². The maximum absolute atomic E-state index is 12.2. The Bertz CT molecular complexity index is 930. The number of carbonyl (C=O) groups excluding carboxylic acids is 2. The van der Waals surface area contributed by atoms with Crippen LogP contribution in [0.3, 0.4) is 0 Å². The number of hydrogen-bond donors (Lipinski definition) is 0. The Balaban J connectivity index is 2.03. The zero-order valence-corrected chi connectivity index (χ0v) is 14.1. The van der Waals surface area contributed by atoms with Crippen molar-refractivity contribution >= 4 is 22.8 Å². The number of esters is 2. The van der Waals surface area contributed by atoms with Gasteiger partial charge in [0, 0.05) is 17.9 Å². The molecule has 0 fully saturated rings. The van der Waals surface area contributed by atoms with Crippen LogP contribution in [0, 0.1) is 0 Å². The first-order valence-electron chi connectivity index (χ1n) is 7.99. The number of benzene rings is 2. The summed E-state index contributed by atoms with van der Waals surface area (Å²) in [7, 11) is 0. The molecule has 1 heterocycles. The molecule has 0 N–H and O–H groups in total. The lowest BCUT2D eigenvalue weighted by Crippen LogP contribution is -2.09. The molecule has 0 aliphatic carbocycles. The summed E-state index contributed by atoms with van der Waals surface area (Å²) >= 11 is 0. The van der Waals surface area contributed by atoms with Gasteiger partial charge in [0.25, 0.3) is 0 Å². The highest BCUT2D eigenvalue weighted by Gasteiger charge is 2.18. The van der Waals surface area contributed by atoms with Gasteiger partial charge in [-0.1, -0.05) is 36.4 Å². The molecule has 2 aromatic carbocycles. The molecule has 1 aromatic heterocycles. The van der Waals surface area contributed by atoms with Crippen LogP contribution in [0.1, 0.15) is 29.9 Å². The molecular weight excluding hydrogens is 320 g/mol. The molecule has 0 atom stereocenters. The van der Waals surface area contributed by atoms with Crippen LogP contribution < -0.4 is 4.74 Å². The Morgan fingerprint density at radius 1 is 1.08 bits per heavy atom. The zero-order valence-electron chi connectivity index (χ0n) is 14.1. The second kappa shape index (κ2) is 7.17. The van der Waals surface area contributed by atoms with E-state index in [1.807, 2.05) is 36.4 Å². The predicted octanol–water partition coefficient (Wildman–Crippen LogP) is 3.19. The fourth-order valence-corrected chi connectivity index (χ4v) is 2.65. The molecule has 0 unspecified atom stereocenters. The number of carbonyl (C=O) groups is 2. The highest BCUT2D eigenvalue weighted by atomic mass is 16.5. The molecule has 128 valence electrons. The molecular formula is C19H18N2O4. The number of para-hydroxylation sites is 2. The lowest BCUT2D eigenvalue weighted by atomic mass is 10.2. The van der Waals surface area contributed by atoms with Crippen LogP contribution in [0.2, 0.25) is 0 Å². The third-order valence-corrected chi connectivity index (χ3v) is 3.67. The van der Waals surface area contributed by atoms with Crippen molar-refractivity contribution in [3.63, 3.8) is 0 Å². The number of ether oxygens (including phenoxy) is 2. The summed E-state index contributed by atoms with van der Waals surface area (Å²) in [5, 5.41) is 5.15. The van der Waals surface area contributed by atoms with Gasteiger partial charge in [-0.3, -0.25) is 9.48 Å². The minimum Gasteiger partial charge on any atom is -0.461 e. The maximum atomic E-state index is 12.2. The quantitative estimate of drug-likeness (QED) is 0.528. The molecule has 0 aliphatic rings. The average Bonchev–Trinajstić information content (AvgIpc) is 2.95. The molecule has 0 aliphatic heterocycles. The maximum Gasteiger partial charge on any atom is 0.359 e. The van der Waals surface area contributed by atoms with E-state index in [0.717, 1.165) is 16.5 Å². The van der Waals surface area contributed by atoms with Crippen LogP contribution >= 0.6 is 0 Å². The van der Waals surface area contributed by atoms with Crippen molar-refractivity contribution in [1.29, 1.82) is 0 Å². The van der Waals surface area contributed by atoms with Gasteiger partial charge in [0.05, 0.1) is 18.7 Å². The van der Waals surface area contributed by atoms with Gasteiger partial charge in [-0.15, -0.1) is 0 Å². The summed E-state index contributed by atoms with van der Waals surface area (Å²) < 4.78 is 12.1. The van der Waals surface area contributed by atoms with Crippen molar-refractivity contribution in [2.24, 2.45) is 0 Å². The van der Waals surface area contributed by atoms with E-state index in [0.29, 0.717) is 12.3 Å². The summed E-state index contributed by atoms with van der Waals surface area (Å²) in [6.45, 7) is 3.77. The topological polar surface area (TPSA) is 70.4 Å². The third kappa shape index (κ3) is 3.52. The summed E-state index contributed by atoms with van der Waals surface area (Å²) in [6, 6.07) is 14.7. The minimum atomic E-state index is -0.453. The SMILES string of the molecule is CCOC(=O)c1nn(Cc2ccccc2OC(C)=O)c2ccccc12. The Kier molecular flexibility index (Phi) is 4.79. The van der Waals surface area contributed by atoms with Crippen LogP contribution in [0.25, 0.3) is 10.9 Å². The molecule has 6 heteroatoms. The Hall–Kier alpha value is -3.15. The lowest BCUT2D eigenvalue weighted by Gasteiger charge is -2.09. The minimum absolute atomic E-state index is 0.280. The highest BCUT2D eigenvalue weighted by molar-refractivity contribution is 6.02. The smallest absolute Gasteiger partial charge is 0.359 e. The molecule has 6 nitrogen and oxygen atoms in total. The van der Waals surface area contributed by atoms with Crippen LogP contribution in [0.4, 0.5) is 0 Å². The molecule has 0 radical (unpaired) electrons. The standard InChI is InChI=1S/C19H18N2O4/c1-3-24-19(23)18-15-9-5-6-10-16(15)21(20-18)12-14-8-4-7-11-17(14)25-13(2)22/h4-11H,3,12H2,1-2H3. The second-order valence-corrected chi connectivity index (χ2v) is 5.45. The first-order valence-corrected chi connectivity index (χ1v) is 7.99. The summed E-state index contributed by atoms with van der Waals surface area (Å²) in [6.07, 6.45) is 0. The molecule has 0 saturated carbocycles. The summed E-state index contributed by atoms with van der Waals surface area (Å²) in [5.41, 5.74) is 1.88. The normalized spacial score (nSPS) is 10.6. The van der Waals surface area contributed by atoms with Gasteiger partial charge in [0.1, 0.15) is 5.75 Å². The van der Waals surface area contributed by atoms with Crippen molar-refractivity contribution in [2.45, 2.75) is 20.4 Å². The molecule has 0 bridgehead atoms. The van der Waals surface area contributed by atoms with E-state index in [1.165, 1.54) is 6.92 Å². The summed E-state index contributed by atoms with van der Waals surface area (Å²) in [4.78, 5) is 23.5. The van der Waals surface area contributed by atoms with E-state index in [1.54, 1.807) is 23.7 Å². The lowest BCUT2D eigenvalue weighted by molar-refractivity contribution is -0.131. The number of aromatic nitrogens is 2. The molecule has 3 aromatic rings. The number of hydrogen-bond acceptors (Lipinski definition) is 5. The van der Waals surface area contributed by atoms with Gasteiger partial charge in [-0.25, -0.2) is 4.79 Å². The Morgan fingerprint density at radius 3 is 2.56 bits per heavy atom. The molecule has 0 saturated heterocycles. The van der Waals surface area contributed by atoms with Crippen molar-refractivity contribution in [3.8, 4) is 5.75 Å². The van der Waals surface area contributed by atoms with E-state index >= 15 is 0 Å². The van der Waals surface area contributed by atoms with Crippen molar-refractivity contribution in [2.75, 3.05) is 6.61 Å². The fourth-order valence-electron chi connectivity index (χ4n) is 2.65. The predicted molar refractivity (Wildman–Crippen MR) is 92.5 cm³/mol. The van der Waals surface area contributed by atoms with E-state index in [2.05, 4.69) is 5.10 Å². The van der Waals surface area contributed by atoms with Crippen LogP contribution in [-0.2, 0) is 16.1 Å². The highest BCUT2D eigenvalue weighted by Crippen LogP contribution is 2.24. The zero-order chi connectivity index (χ0) is 17.8. The third-order valence-electron chi connectivity index (χ3n) is 3.67. The number of fused-ring (bicyclic) bond motifs is 1. The number of nitrogens with zero attached hydrogens (tertiary/aromatic N) is 2. The van der Waals surface area contributed by atoms with Crippen LogP contribution in [-0.4, -0.2) is 28.3 Å². The largest absolute Gasteiger partial charge is 0.461 e. The van der Waals surface area contributed by atoms with Gasteiger partial charge in [-0.05, 0) is 19.1 Å². The Labute approximate surface area is 145 Å². The van der Waals surface area contributed by atoms with Gasteiger partial charge >= 0.3 is 11.9 Å². The molecule has 0 spiro atoms. The van der Waals surface area contributed by atoms with E-state index in [9.17, 15) is 9.59 Å². The van der Waals surface area contributed by atoms with Crippen molar-refractivity contribution < 1.29 is 19.1 Å². The average molecular weight is 338 g/mol. The van der Waals surface area contributed by atoms with Gasteiger partial charge in [0.2, 0.25) is 0 Å². The molecule has 3 rings (SSSR count). The van der Waals surface area contributed by atoms with E-state index < -0.39 is 5.97 Å². The van der Waals surface area contributed by atoms with Crippen LogP contribution in [0.15, 0.2) is 48.5 Å². The second-order valence-electron chi connectivity index (χ2n) is 5.45. The van der Waals surface area contributed by atoms with Crippen LogP contribution in [0.5, 0.6) is 5.75 Å². The fraction of sp³-hybridized carbons (Fsp3) is 0.211. The number of rotatable bonds is 5. The molecule has 0 amide bonds.